The topological polar surface area (TPSA) is 70.2 Å². The molecule has 1 aromatic carbocycles. The van der Waals surface area contributed by atoms with Crippen molar-refractivity contribution in [2.24, 2.45) is 5.92 Å². The average molecular weight is 385 g/mol. The molecular weight excluding hydrogens is 352 g/mol. The molecule has 6 nitrogen and oxygen atoms in total. The molecule has 2 unspecified atom stereocenters. The van der Waals surface area contributed by atoms with E-state index in [-0.39, 0.29) is 11.8 Å². The number of hydrogen-bond acceptors (Lipinski definition) is 5. The molecule has 1 aliphatic carbocycles. The van der Waals surface area contributed by atoms with E-state index >= 15 is 0 Å². The van der Waals surface area contributed by atoms with Crippen LogP contribution >= 0.6 is 0 Å². The van der Waals surface area contributed by atoms with E-state index in [1.54, 1.807) is 0 Å². The Bertz CT molecular complexity index is 847. The minimum absolute atomic E-state index is 0.0199. The Balaban J connectivity index is 1.72. The van der Waals surface area contributed by atoms with Crippen LogP contribution in [-0.2, 0) is 19.4 Å². The highest BCUT2D eigenvalue weighted by molar-refractivity contribution is 5.33. The third-order valence-electron chi connectivity index (χ3n) is 5.30. The van der Waals surface area contributed by atoms with Crippen molar-refractivity contribution in [3.8, 4) is 5.75 Å². The standard InChI is InChI=1S/C22H32N4O2/c1-5-15-10-11-19-18(13-15)21(27)25-22(23-19)24-20(6-2)28-17-9-7-8-16(12-17)14-26(3)4/h7-9,12,15,20H,5-6,10-11,13-14H2,1-4H3,(H2,23,24,25,27). The molecule has 0 aliphatic heterocycles. The number of nitrogens with zero attached hydrogens (tertiary/aromatic N) is 2. The monoisotopic (exact) mass is 384 g/mol. The molecule has 0 saturated carbocycles. The zero-order valence-electron chi connectivity index (χ0n) is 17.4. The quantitative estimate of drug-likeness (QED) is 0.681. The second-order valence-corrected chi connectivity index (χ2v) is 7.90. The summed E-state index contributed by atoms with van der Waals surface area (Å²) < 4.78 is 6.12. The molecule has 1 heterocycles. The summed E-state index contributed by atoms with van der Waals surface area (Å²) in [4.78, 5) is 22.2. The summed E-state index contributed by atoms with van der Waals surface area (Å²) in [6.07, 6.45) is 4.40. The fourth-order valence-corrected chi connectivity index (χ4v) is 3.72. The van der Waals surface area contributed by atoms with E-state index in [1.807, 2.05) is 33.2 Å². The number of fused-ring (bicyclic) bond motifs is 1. The van der Waals surface area contributed by atoms with Crippen molar-refractivity contribution in [2.75, 3.05) is 19.4 Å². The molecule has 6 heteroatoms. The van der Waals surface area contributed by atoms with Crippen LogP contribution in [-0.4, -0.2) is 35.2 Å². The van der Waals surface area contributed by atoms with Crippen molar-refractivity contribution in [3.05, 3.63) is 51.4 Å². The van der Waals surface area contributed by atoms with E-state index in [4.69, 9.17) is 4.74 Å². The predicted molar refractivity (Wildman–Crippen MR) is 113 cm³/mol. The number of benzene rings is 1. The van der Waals surface area contributed by atoms with Crippen molar-refractivity contribution in [3.63, 3.8) is 0 Å². The van der Waals surface area contributed by atoms with Gasteiger partial charge < -0.3 is 15.0 Å². The average Bonchev–Trinajstić information content (AvgIpc) is 2.67. The Labute approximate surface area is 167 Å². The SMILES string of the molecule is CCC1CCc2nc(NC(CC)Oc3cccc(CN(C)C)c3)[nH]c(=O)c2C1. The van der Waals surface area contributed by atoms with Gasteiger partial charge in [-0.3, -0.25) is 9.78 Å². The van der Waals surface area contributed by atoms with E-state index < -0.39 is 0 Å². The van der Waals surface area contributed by atoms with Crippen LogP contribution in [0, 0.1) is 5.92 Å². The lowest BCUT2D eigenvalue weighted by molar-refractivity contribution is 0.224. The minimum Gasteiger partial charge on any atom is -0.471 e. The highest BCUT2D eigenvalue weighted by Crippen LogP contribution is 2.25. The summed E-state index contributed by atoms with van der Waals surface area (Å²) in [6, 6.07) is 8.10. The van der Waals surface area contributed by atoms with E-state index in [1.165, 1.54) is 5.56 Å². The van der Waals surface area contributed by atoms with Gasteiger partial charge in [0.05, 0.1) is 5.69 Å². The van der Waals surface area contributed by atoms with Gasteiger partial charge in [-0.15, -0.1) is 0 Å². The van der Waals surface area contributed by atoms with Gasteiger partial charge in [-0.05, 0) is 57.0 Å². The Morgan fingerprint density at radius 3 is 2.89 bits per heavy atom. The first-order valence-corrected chi connectivity index (χ1v) is 10.3. The largest absolute Gasteiger partial charge is 0.471 e. The van der Waals surface area contributed by atoms with Gasteiger partial charge in [0.25, 0.3) is 5.56 Å². The Morgan fingerprint density at radius 1 is 1.36 bits per heavy atom. The number of anilines is 1. The lowest BCUT2D eigenvalue weighted by Crippen LogP contribution is -2.31. The lowest BCUT2D eigenvalue weighted by Gasteiger charge is -2.24. The predicted octanol–water partition coefficient (Wildman–Crippen LogP) is 3.57. The zero-order chi connectivity index (χ0) is 20.1. The van der Waals surface area contributed by atoms with Crippen LogP contribution in [0.15, 0.2) is 29.1 Å². The number of aromatic nitrogens is 2. The van der Waals surface area contributed by atoms with Crippen molar-refractivity contribution in [2.45, 2.75) is 58.7 Å². The molecule has 2 N–H and O–H groups in total. The van der Waals surface area contributed by atoms with Crippen LogP contribution in [0.4, 0.5) is 5.95 Å². The van der Waals surface area contributed by atoms with Crippen LogP contribution in [0.1, 0.15) is 49.9 Å². The second-order valence-electron chi connectivity index (χ2n) is 7.90. The fraction of sp³-hybridized carbons (Fsp3) is 0.545. The Kier molecular flexibility index (Phi) is 6.73. The molecular formula is C22H32N4O2. The van der Waals surface area contributed by atoms with Crippen LogP contribution in [0.2, 0.25) is 0 Å². The molecule has 2 atom stereocenters. The van der Waals surface area contributed by atoms with Gasteiger partial charge >= 0.3 is 0 Å². The number of ether oxygens (including phenoxy) is 1. The van der Waals surface area contributed by atoms with Crippen molar-refractivity contribution in [1.29, 1.82) is 0 Å². The van der Waals surface area contributed by atoms with Crippen molar-refractivity contribution < 1.29 is 4.74 Å². The molecule has 1 aliphatic rings. The summed E-state index contributed by atoms with van der Waals surface area (Å²) in [6.45, 7) is 5.09. The number of aromatic amines is 1. The molecule has 2 aromatic rings. The van der Waals surface area contributed by atoms with Gasteiger partial charge in [-0.1, -0.05) is 32.4 Å². The highest BCUT2D eigenvalue weighted by Gasteiger charge is 2.22. The Hall–Kier alpha value is -2.34. The van der Waals surface area contributed by atoms with Gasteiger partial charge in [0.1, 0.15) is 5.75 Å². The summed E-state index contributed by atoms with van der Waals surface area (Å²) in [5.41, 5.74) is 2.96. The molecule has 0 bridgehead atoms. The number of rotatable bonds is 8. The first-order valence-electron chi connectivity index (χ1n) is 10.3. The number of aryl methyl sites for hydroxylation is 1. The van der Waals surface area contributed by atoms with Crippen molar-refractivity contribution in [1.82, 2.24) is 14.9 Å². The molecule has 0 spiro atoms. The molecule has 28 heavy (non-hydrogen) atoms. The summed E-state index contributed by atoms with van der Waals surface area (Å²) >= 11 is 0. The molecule has 0 saturated heterocycles. The molecule has 0 radical (unpaired) electrons. The lowest BCUT2D eigenvalue weighted by atomic mass is 9.86. The fourth-order valence-electron chi connectivity index (χ4n) is 3.72. The molecule has 152 valence electrons. The maximum Gasteiger partial charge on any atom is 0.255 e. The third kappa shape index (κ3) is 5.13. The summed E-state index contributed by atoms with van der Waals surface area (Å²) in [5, 5.41) is 3.25. The molecule has 0 amide bonds. The number of H-pyrrole nitrogens is 1. The van der Waals surface area contributed by atoms with Gasteiger partial charge in [0.15, 0.2) is 6.23 Å². The van der Waals surface area contributed by atoms with E-state index in [9.17, 15) is 4.79 Å². The normalized spacial score (nSPS) is 17.2. The number of hydrogen-bond donors (Lipinski definition) is 2. The van der Waals surface area contributed by atoms with Crippen LogP contribution in [0.25, 0.3) is 0 Å². The van der Waals surface area contributed by atoms with Crippen LogP contribution < -0.4 is 15.6 Å². The minimum atomic E-state index is -0.261. The van der Waals surface area contributed by atoms with Gasteiger partial charge in [-0.2, -0.15) is 0 Å². The Morgan fingerprint density at radius 2 is 2.18 bits per heavy atom. The number of nitrogens with one attached hydrogen (secondary N) is 2. The summed E-state index contributed by atoms with van der Waals surface area (Å²) in [7, 11) is 4.09. The van der Waals surface area contributed by atoms with E-state index in [0.29, 0.717) is 11.9 Å². The maximum atomic E-state index is 12.5. The molecule has 3 rings (SSSR count). The first-order chi connectivity index (χ1) is 13.5. The highest BCUT2D eigenvalue weighted by atomic mass is 16.5. The molecule has 0 fully saturated rings. The van der Waals surface area contributed by atoms with Crippen molar-refractivity contribution >= 4 is 5.95 Å². The van der Waals surface area contributed by atoms with E-state index in [2.05, 4.69) is 39.2 Å². The molecule has 1 aromatic heterocycles. The zero-order valence-corrected chi connectivity index (χ0v) is 17.4. The van der Waals surface area contributed by atoms with Gasteiger partial charge in [0, 0.05) is 18.5 Å². The summed E-state index contributed by atoms with van der Waals surface area (Å²) in [5.74, 6) is 1.90. The smallest absolute Gasteiger partial charge is 0.255 e. The van der Waals surface area contributed by atoms with E-state index in [0.717, 1.165) is 55.7 Å². The maximum absolute atomic E-state index is 12.5. The third-order valence-corrected chi connectivity index (χ3v) is 5.30. The van der Waals surface area contributed by atoms with Gasteiger partial charge in [0.2, 0.25) is 5.95 Å². The second kappa shape index (κ2) is 9.24. The van der Waals surface area contributed by atoms with Crippen LogP contribution in [0.3, 0.4) is 0 Å². The van der Waals surface area contributed by atoms with Crippen LogP contribution in [0.5, 0.6) is 5.75 Å². The first kappa shape index (κ1) is 20.4. The van der Waals surface area contributed by atoms with Gasteiger partial charge in [-0.25, -0.2) is 4.98 Å².